The third-order valence-electron chi connectivity index (χ3n) is 6.25. The van der Waals surface area contributed by atoms with Crippen molar-refractivity contribution in [3.8, 4) is 11.1 Å². The van der Waals surface area contributed by atoms with Gasteiger partial charge < -0.3 is 10.0 Å². The van der Waals surface area contributed by atoms with Crippen LogP contribution in [0.5, 0.6) is 0 Å². The number of benzene rings is 2. The van der Waals surface area contributed by atoms with E-state index in [0.717, 1.165) is 13.1 Å². The summed E-state index contributed by atoms with van der Waals surface area (Å²) in [6.45, 7) is 5.79. The molecule has 3 atom stereocenters. The highest BCUT2D eigenvalue weighted by Gasteiger charge is 2.48. The van der Waals surface area contributed by atoms with E-state index in [1.807, 2.05) is 0 Å². The molecule has 4 rings (SSSR count). The van der Waals surface area contributed by atoms with Crippen LogP contribution < -0.4 is 0 Å². The molecule has 0 unspecified atom stereocenters. The van der Waals surface area contributed by atoms with Crippen LogP contribution >= 0.6 is 0 Å². The van der Waals surface area contributed by atoms with Gasteiger partial charge in [0, 0.05) is 24.5 Å². The lowest BCUT2D eigenvalue weighted by Gasteiger charge is -2.57. The minimum absolute atomic E-state index is 0.255. The fourth-order valence-corrected chi connectivity index (χ4v) is 4.76. The van der Waals surface area contributed by atoms with Crippen molar-refractivity contribution in [1.82, 2.24) is 9.80 Å². The lowest BCUT2D eigenvalue weighted by atomic mass is 9.74. The zero-order valence-corrected chi connectivity index (χ0v) is 15.9. The average molecular weight is 351 g/mol. The number of hydrogen-bond donors (Lipinski definition) is 1. The van der Waals surface area contributed by atoms with E-state index in [0.29, 0.717) is 12.0 Å². The third-order valence-corrected chi connectivity index (χ3v) is 6.25. The summed E-state index contributed by atoms with van der Waals surface area (Å²) in [6, 6.07) is 18.5. The maximum Gasteiger partial charge on any atom is 0.0593 e. The lowest BCUT2D eigenvalue weighted by molar-refractivity contribution is -0.0614. The van der Waals surface area contributed by atoms with E-state index in [9.17, 15) is 5.11 Å². The molecule has 0 amide bonds. The van der Waals surface area contributed by atoms with E-state index in [-0.39, 0.29) is 12.6 Å². The van der Waals surface area contributed by atoms with Gasteiger partial charge in [-0.15, -0.1) is 0 Å². The van der Waals surface area contributed by atoms with Gasteiger partial charge in [-0.1, -0.05) is 54.1 Å². The number of rotatable bonds is 3. The van der Waals surface area contributed by atoms with Crippen LogP contribution in [0, 0.1) is 6.92 Å². The van der Waals surface area contributed by atoms with Gasteiger partial charge >= 0.3 is 0 Å². The predicted octanol–water partition coefficient (Wildman–Crippen LogP) is 3.52. The van der Waals surface area contributed by atoms with Crippen molar-refractivity contribution in [2.45, 2.75) is 37.8 Å². The molecule has 0 radical (unpaired) electrons. The topological polar surface area (TPSA) is 26.7 Å². The number of aryl methyl sites for hydroxylation is 1. The van der Waals surface area contributed by atoms with E-state index in [1.54, 1.807) is 0 Å². The Morgan fingerprint density at radius 2 is 1.54 bits per heavy atom. The molecule has 2 aromatic carbocycles. The maximum absolute atomic E-state index is 9.99. The van der Waals surface area contributed by atoms with Crippen LogP contribution in [0.1, 0.15) is 29.9 Å². The second kappa shape index (κ2) is 7.51. The van der Waals surface area contributed by atoms with Crippen molar-refractivity contribution < 1.29 is 5.11 Å². The Labute approximate surface area is 157 Å². The van der Waals surface area contributed by atoms with Crippen molar-refractivity contribution >= 4 is 0 Å². The number of nitrogens with zero attached hydrogens (tertiary/aromatic N) is 2. The average Bonchev–Trinajstić information content (AvgIpc) is 2.64. The van der Waals surface area contributed by atoms with Gasteiger partial charge in [-0.2, -0.15) is 0 Å². The van der Waals surface area contributed by atoms with Gasteiger partial charge in [0.05, 0.1) is 6.61 Å². The van der Waals surface area contributed by atoms with Crippen LogP contribution in [0.3, 0.4) is 0 Å². The Morgan fingerprint density at radius 1 is 0.923 bits per heavy atom. The van der Waals surface area contributed by atoms with Gasteiger partial charge in [0.2, 0.25) is 0 Å². The zero-order valence-electron chi connectivity index (χ0n) is 15.9. The number of aliphatic hydroxyl groups is 1. The first-order valence-corrected chi connectivity index (χ1v) is 9.89. The number of fused-ring (bicyclic) bond motifs is 1. The molecule has 0 aliphatic carbocycles. The van der Waals surface area contributed by atoms with E-state index >= 15 is 0 Å². The summed E-state index contributed by atoms with van der Waals surface area (Å²) < 4.78 is 0. The monoisotopic (exact) mass is 350 g/mol. The summed E-state index contributed by atoms with van der Waals surface area (Å²) in [5, 5.41) is 9.99. The van der Waals surface area contributed by atoms with Gasteiger partial charge in [-0.25, -0.2) is 0 Å². The van der Waals surface area contributed by atoms with Crippen LogP contribution in [-0.2, 0) is 0 Å². The fourth-order valence-electron chi connectivity index (χ4n) is 4.76. The second-order valence-corrected chi connectivity index (χ2v) is 8.04. The highest BCUT2D eigenvalue weighted by Crippen LogP contribution is 2.42. The van der Waals surface area contributed by atoms with E-state index in [1.165, 1.54) is 41.6 Å². The minimum atomic E-state index is 0.255. The Bertz CT molecular complexity index is 725. The first-order valence-electron chi connectivity index (χ1n) is 9.89. The van der Waals surface area contributed by atoms with Crippen molar-refractivity contribution in [3.63, 3.8) is 0 Å². The molecule has 1 N–H and O–H groups in total. The van der Waals surface area contributed by atoms with Crippen LogP contribution in [0.4, 0.5) is 0 Å². The van der Waals surface area contributed by atoms with Crippen molar-refractivity contribution in [3.05, 3.63) is 59.7 Å². The van der Waals surface area contributed by atoms with Crippen molar-refractivity contribution in [2.24, 2.45) is 0 Å². The lowest BCUT2D eigenvalue weighted by Crippen LogP contribution is -2.67. The summed E-state index contributed by atoms with van der Waals surface area (Å²) in [5.41, 5.74) is 5.19. The van der Waals surface area contributed by atoms with E-state index in [4.69, 9.17) is 0 Å². The molecule has 2 aliphatic rings. The van der Waals surface area contributed by atoms with Crippen LogP contribution in [0.15, 0.2) is 48.5 Å². The molecular formula is C23H30N2O. The molecule has 2 heterocycles. The predicted molar refractivity (Wildman–Crippen MR) is 107 cm³/mol. The van der Waals surface area contributed by atoms with Crippen molar-refractivity contribution in [1.29, 1.82) is 0 Å². The molecule has 2 fully saturated rings. The maximum atomic E-state index is 9.99. The van der Waals surface area contributed by atoms with Crippen LogP contribution in [0.2, 0.25) is 0 Å². The molecule has 0 spiro atoms. The number of aliphatic hydroxyl groups excluding tert-OH is 1. The van der Waals surface area contributed by atoms with E-state index in [2.05, 4.69) is 72.3 Å². The highest BCUT2D eigenvalue weighted by atomic mass is 16.3. The second-order valence-electron chi connectivity index (χ2n) is 8.04. The highest BCUT2D eigenvalue weighted by molar-refractivity contribution is 5.64. The Kier molecular flexibility index (Phi) is 5.12. The Morgan fingerprint density at radius 3 is 2.19 bits per heavy atom. The summed E-state index contributed by atoms with van der Waals surface area (Å²) in [5.74, 6) is 0.438. The molecule has 0 aromatic heterocycles. The standard InChI is InChI=1S/C23H30N2O/c1-17-5-7-18(8-6-17)19-9-11-20(12-10-19)23-21-15-24(2)13-3-4-14-25(21)22(23)16-26/h5-12,21-23,26H,3-4,13-16H2,1-2H3/t21-,22-,23+/m0/s1. The summed E-state index contributed by atoms with van der Waals surface area (Å²) in [7, 11) is 2.23. The van der Waals surface area contributed by atoms with Gasteiger partial charge in [-0.3, -0.25) is 4.90 Å². The normalized spacial score (nSPS) is 27.3. The van der Waals surface area contributed by atoms with Crippen LogP contribution in [-0.4, -0.2) is 60.3 Å². The molecule has 0 saturated carbocycles. The molecule has 26 heavy (non-hydrogen) atoms. The molecule has 138 valence electrons. The largest absolute Gasteiger partial charge is 0.395 e. The van der Waals surface area contributed by atoms with Gasteiger partial charge in [0.1, 0.15) is 0 Å². The zero-order chi connectivity index (χ0) is 18.1. The summed E-state index contributed by atoms with van der Waals surface area (Å²) >= 11 is 0. The van der Waals surface area contributed by atoms with Gasteiger partial charge in [0.25, 0.3) is 0 Å². The molecule has 2 saturated heterocycles. The molecule has 2 aromatic rings. The smallest absolute Gasteiger partial charge is 0.0593 e. The van der Waals surface area contributed by atoms with Gasteiger partial charge in [-0.05, 0) is 56.6 Å². The molecule has 3 nitrogen and oxygen atoms in total. The molecular weight excluding hydrogens is 320 g/mol. The summed E-state index contributed by atoms with van der Waals surface area (Å²) in [4.78, 5) is 4.99. The molecule has 3 heteroatoms. The minimum Gasteiger partial charge on any atom is -0.395 e. The summed E-state index contributed by atoms with van der Waals surface area (Å²) in [6.07, 6.45) is 2.49. The van der Waals surface area contributed by atoms with Crippen LogP contribution in [0.25, 0.3) is 11.1 Å². The van der Waals surface area contributed by atoms with E-state index < -0.39 is 0 Å². The molecule has 0 bridgehead atoms. The third kappa shape index (κ3) is 3.32. The molecule has 2 aliphatic heterocycles. The first-order chi connectivity index (χ1) is 12.7. The Hall–Kier alpha value is -1.68. The quantitative estimate of drug-likeness (QED) is 0.918. The van der Waals surface area contributed by atoms with Gasteiger partial charge in [0.15, 0.2) is 0 Å². The first kappa shape index (κ1) is 17.7. The fraction of sp³-hybridized carbons (Fsp3) is 0.478. The number of likely N-dealkylation sites (N-methyl/N-ethyl adjacent to an activating group) is 1. The SMILES string of the molecule is Cc1ccc(-c2ccc([C@H]3[C@H](CO)N4CCCCN(C)C[C@@H]34)cc2)cc1. The Balaban J connectivity index is 1.56. The number of hydrogen-bond acceptors (Lipinski definition) is 3. The van der Waals surface area contributed by atoms with Crippen molar-refractivity contribution in [2.75, 3.05) is 33.3 Å².